The van der Waals surface area contributed by atoms with Gasteiger partial charge in [-0.25, -0.2) is 8.42 Å². The van der Waals surface area contributed by atoms with E-state index in [4.69, 9.17) is 5.11 Å². The number of carbonyl (C=O) groups is 1. The van der Waals surface area contributed by atoms with Crippen LogP contribution in [0.4, 0.5) is 0 Å². The summed E-state index contributed by atoms with van der Waals surface area (Å²) in [6.45, 7) is -0.186. The summed E-state index contributed by atoms with van der Waals surface area (Å²) in [5, 5.41) is 18.5. The van der Waals surface area contributed by atoms with Gasteiger partial charge in [0.2, 0.25) is 10.0 Å². The van der Waals surface area contributed by atoms with E-state index in [0.29, 0.717) is 0 Å². The van der Waals surface area contributed by atoms with Gasteiger partial charge in [0, 0.05) is 32.4 Å². The van der Waals surface area contributed by atoms with Crippen molar-refractivity contribution in [1.82, 2.24) is 8.87 Å². The van der Waals surface area contributed by atoms with Gasteiger partial charge in [-0.3, -0.25) is 4.79 Å². The van der Waals surface area contributed by atoms with E-state index in [9.17, 15) is 18.3 Å². The molecular weight excluding hydrogens is 260 g/mol. The molecule has 1 fully saturated rings. The molecule has 100 valence electrons. The molecule has 0 aliphatic carbocycles. The molecule has 18 heavy (non-hydrogen) atoms. The fraction of sp³-hybridized carbons (Fsp3) is 0.500. The molecule has 2 atom stereocenters. The van der Waals surface area contributed by atoms with Crippen LogP contribution < -0.4 is 0 Å². The fourth-order valence-electron chi connectivity index (χ4n) is 2.04. The van der Waals surface area contributed by atoms with Gasteiger partial charge in [0.05, 0.1) is 11.0 Å². The third-order valence-electron chi connectivity index (χ3n) is 2.93. The second-order valence-electron chi connectivity index (χ2n) is 4.33. The number of aliphatic hydroxyl groups is 1. The Kier molecular flexibility index (Phi) is 3.18. The maximum absolute atomic E-state index is 12.2. The van der Waals surface area contributed by atoms with Crippen LogP contribution in [0.5, 0.6) is 0 Å². The molecule has 2 rings (SSSR count). The van der Waals surface area contributed by atoms with E-state index in [1.54, 1.807) is 17.8 Å². The number of aliphatic carboxylic acids is 1. The summed E-state index contributed by atoms with van der Waals surface area (Å²) in [4.78, 5) is 11.1. The van der Waals surface area contributed by atoms with Crippen LogP contribution in [0, 0.1) is 0 Å². The van der Waals surface area contributed by atoms with Crippen molar-refractivity contribution in [3.63, 3.8) is 0 Å². The Hall–Kier alpha value is -1.38. The van der Waals surface area contributed by atoms with Crippen molar-refractivity contribution in [1.29, 1.82) is 0 Å². The van der Waals surface area contributed by atoms with Crippen LogP contribution in [0.25, 0.3) is 0 Å². The van der Waals surface area contributed by atoms with Crippen molar-refractivity contribution < 1.29 is 23.4 Å². The maximum Gasteiger partial charge on any atom is 0.322 e. The van der Waals surface area contributed by atoms with Crippen molar-refractivity contribution in [2.45, 2.75) is 23.5 Å². The van der Waals surface area contributed by atoms with Gasteiger partial charge in [-0.1, -0.05) is 0 Å². The van der Waals surface area contributed by atoms with Gasteiger partial charge >= 0.3 is 5.97 Å². The lowest BCUT2D eigenvalue weighted by Gasteiger charge is -2.19. The van der Waals surface area contributed by atoms with Crippen LogP contribution in [0.15, 0.2) is 23.4 Å². The predicted molar refractivity (Wildman–Crippen MR) is 61.4 cm³/mol. The highest BCUT2D eigenvalue weighted by atomic mass is 32.2. The Bertz CT molecular complexity index is 565. The van der Waals surface area contributed by atoms with Gasteiger partial charge < -0.3 is 14.8 Å². The Labute approximate surface area is 104 Å². The molecule has 2 N–H and O–H groups in total. The Morgan fingerprint density at radius 1 is 1.50 bits per heavy atom. The smallest absolute Gasteiger partial charge is 0.322 e. The summed E-state index contributed by atoms with van der Waals surface area (Å²) in [5.41, 5.74) is 0. The largest absolute Gasteiger partial charge is 0.480 e. The summed E-state index contributed by atoms with van der Waals surface area (Å²) in [7, 11) is -2.20. The van der Waals surface area contributed by atoms with Crippen LogP contribution in [0.1, 0.15) is 6.42 Å². The van der Waals surface area contributed by atoms with Gasteiger partial charge in [-0.2, -0.15) is 4.31 Å². The van der Waals surface area contributed by atoms with E-state index in [2.05, 4.69) is 0 Å². The number of hydrogen-bond donors (Lipinski definition) is 2. The molecule has 1 aromatic rings. The zero-order valence-electron chi connectivity index (χ0n) is 9.72. The van der Waals surface area contributed by atoms with Crippen molar-refractivity contribution >= 4 is 16.0 Å². The van der Waals surface area contributed by atoms with Crippen molar-refractivity contribution in [2.75, 3.05) is 6.54 Å². The average molecular weight is 274 g/mol. The molecule has 0 aromatic carbocycles. The van der Waals surface area contributed by atoms with E-state index < -0.39 is 28.1 Å². The summed E-state index contributed by atoms with van der Waals surface area (Å²) in [6, 6.07) is 0.198. The first-order valence-corrected chi connectivity index (χ1v) is 6.81. The minimum absolute atomic E-state index is 0.0327. The number of aliphatic hydroxyl groups excluding tert-OH is 1. The van der Waals surface area contributed by atoms with E-state index in [1.165, 1.54) is 12.3 Å². The van der Waals surface area contributed by atoms with Crippen LogP contribution in [0.3, 0.4) is 0 Å². The first-order valence-electron chi connectivity index (χ1n) is 5.37. The van der Waals surface area contributed by atoms with E-state index in [-0.39, 0.29) is 17.9 Å². The molecular formula is C10H14N2O5S. The number of β-amino-alcohol motifs (C(OH)–C–C–N with tert-alkyl or cyclic N) is 1. The molecule has 0 bridgehead atoms. The molecule has 0 saturated carbocycles. The predicted octanol–water partition coefficient (Wildman–Crippen LogP) is -0.766. The lowest BCUT2D eigenvalue weighted by Crippen LogP contribution is -2.40. The zero-order valence-corrected chi connectivity index (χ0v) is 10.5. The topological polar surface area (TPSA) is 99.8 Å². The molecule has 0 spiro atoms. The first kappa shape index (κ1) is 13.1. The van der Waals surface area contributed by atoms with Crippen molar-refractivity contribution in [2.24, 2.45) is 7.05 Å². The quantitative estimate of drug-likeness (QED) is 0.754. The lowest BCUT2D eigenvalue weighted by atomic mass is 10.2. The highest BCUT2D eigenvalue weighted by Gasteiger charge is 2.43. The number of sulfonamides is 1. The minimum Gasteiger partial charge on any atom is -0.480 e. The Balaban J connectivity index is 2.38. The molecule has 7 nitrogen and oxygen atoms in total. The number of carboxylic acid groups (broad SMARTS) is 1. The lowest BCUT2D eigenvalue weighted by molar-refractivity contribution is -0.140. The van der Waals surface area contributed by atoms with Crippen molar-refractivity contribution in [3.05, 3.63) is 18.5 Å². The average Bonchev–Trinajstić information content (AvgIpc) is 2.84. The number of hydrogen-bond acceptors (Lipinski definition) is 4. The van der Waals surface area contributed by atoms with E-state index in [1.807, 2.05) is 0 Å². The van der Waals surface area contributed by atoms with E-state index in [0.717, 1.165) is 4.31 Å². The maximum atomic E-state index is 12.2. The molecule has 1 saturated heterocycles. The summed E-state index contributed by atoms with van der Waals surface area (Å²) in [5.74, 6) is -1.24. The first-order chi connectivity index (χ1) is 8.32. The van der Waals surface area contributed by atoms with Crippen LogP contribution in [-0.2, 0) is 21.9 Å². The molecule has 8 heteroatoms. The Morgan fingerprint density at radius 2 is 2.17 bits per heavy atom. The van der Waals surface area contributed by atoms with Gasteiger partial charge in [0.25, 0.3) is 0 Å². The summed E-state index contributed by atoms with van der Waals surface area (Å²) in [6.07, 6.45) is 1.94. The molecule has 0 unspecified atom stereocenters. The Morgan fingerprint density at radius 3 is 2.67 bits per heavy atom. The zero-order chi connectivity index (χ0) is 13.5. The van der Waals surface area contributed by atoms with Crippen molar-refractivity contribution in [3.8, 4) is 0 Å². The molecule has 0 amide bonds. The van der Waals surface area contributed by atoms with Gasteiger partial charge in [-0.05, 0) is 6.07 Å². The number of nitrogens with zero attached hydrogens (tertiary/aromatic N) is 2. The normalized spacial score (nSPS) is 25.4. The molecule has 1 aromatic heterocycles. The van der Waals surface area contributed by atoms with Gasteiger partial charge in [-0.15, -0.1) is 0 Å². The minimum atomic E-state index is -3.87. The summed E-state index contributed by atoms with van der Waals surface area (Å²) < 4.78 is 26.9. The van der Waals surface area contributed by atoms with Crippen LogP contribution in [-0.4, -0.2) is 52.2 Å². The number of rotatable bonds is 3. The third-order valence-corrected chi connectivity index (χ3v) is 4.79. The van der Waals surface area contributed by atoms with E-state index >= 15 is 0 Å². The summed E-state index contributed by atoms with van der Waals surface area (Å²) >= 11 is 0. The number of aromatic nitrogens is 1. The van der Waals surface area contributed by atoms with Crippen LogP contribution >= 0.6 is 0 Å². The molecule has 1 aliphatic heterocycles. The highest BCUT2D eigenvalue weighted by Crippen LogP contribution is 2.26. The second-order valence-corrected chi connectivity index (χ2v) is 6.22. The molecule has 0 radical (unpaired) electrons. The van der Waals surface area contributed by atoms with Crippen LogP contribution in [0.2, 0.25) is 0 Å². The van der Waals surface area contributed by atoms with Gasteiger partial charge in [0.15, 0.2) is 0 Å². The SMILES string of the molecule is Cn1ccc(S(=O)(=O)N2C[C@@H](O)C[C@H]2C(=O)O)c1. The number of aryl methyl sites for hydroxylation is 1. The highest BCUT2D eigenvalue weighted by molar-refractivity contribution is 7.89. The fourth-order valence-corrected chi connectivity index (χ4v) is 3.72. The number of carboxylic acids is 1. The monoisotopic (exact) mass is 274 g/mol. The van der Waals surface area contributed by atoms with Gasteiger partial charge in [0.1, 0.15) is 6.04 Å². The molecule has 2 heterocycles. The molecule has 1 aliphatic rings. The third kappa shape index (κ3) is 2.14. The second kappa shape index (κ2) is 4.38. The standard InChI is InChI=1S/C10H14N2O5S/c1-11-3-2-8(6-11)18(16,17)12-5-7(13)4-9(12)10(14)15/h2-3,6-7,9,13H,4-5H2,1H3,(H,14,15)/t7-,9-/m0/s1.